The van der Waals surface area contributed by atoms with Gasteiger partial charge in [-0.15, -0.1) is 0 Å². The van der Waals surface area contributed by atoms with Crippen LogP contribution in [0.3, 0.4) is 0 Å². The first-order valence-electron chi connectivity index (χ1n) is 9.64. The van der Waals surface area contributed by atoms with E-state index in [0.29, 0.717) is 21.8 Å². The van der Waals surface area contributed by atoms with Gasteiger partial charge in [-0.05, 0) is 43.3 Å². The normalized spacial score (nSPS) is 12.1. The Labute approximate surface area is 185 Å². The first kappa shape index (κ1) is 21.8. The van der Waals surface area contributed by atoms with Gasteiger partial charge >= 0.3 is 5.97 Å². The van der Waals surface area contributed by atoms with E-state index in [-0.39, 0.29) is 23.2 Å². The summed E-state index contributed by atoms with van der Waals surface area (Å²) in [6.45, 7) is 1.86. The Morgan fingerprint density at radius 1 is 1.22 bits per heavy atom. The van der Waals surface area contributed by atoms with Gasteiger partial charge in [0.05, 0.1) is 36.4 Å². The van der Waals surface area contributed by atoms with E-state index in [0.717, 1.165) is 17.8 Å². The van der Waals surface area contributed by atoms with Crippen molar-refractivity contribution in [3.8, 4) is 0 Å². The van der Waals surface area contributed by atoms with Gasteiger partial charge in [0, 0.05) is 16.9 Å². The molecular formula is C23H18F2N2O4S. The largest absolute Gasteiger partial charge is 0.467 e. The molecule has 0 radical (unpaired) electrons. The van der Waals surface area contributed by atoms with Crippen LogP contribution in [0, 0.1) is 11.6 Å². The summed E-state index contributed by atoms with van der Waals surface area (Å²) >= 11 is 1.15. The number of fused-ring (bicyclic) bond motifs is 1. The average Bonchev–Trinajstić information content (AvgIpc) is 3.28. The number of methoxy groups -OCH3 is 1. The van der Waals surface area contributed by atoms with Gasteiger partial charge in [-0.25, -0.2) is 18.6 Å². The number of hydrogen-bond donors (Lipinski definition) is 0. The van der Waals surface area contributed by atoms with E-state index in [1.807, 2.05) is 0 Å². The summed E-state index contributed by atoms with van der Waals surface area (Å²) in [7, 11) is 1.27. The summed E-state index contributed by atoms with van der Waals surface area (Å²) < 4.78 is 39.2. The van der Waals surface area contributed by atoms with Crippen molar-refractivity contribution >= 4 is 28.6 Å². The highest BCUT2D eigenvalue weighted by atomic mass is 32.2. The van der Waals surface area contributed by atoms with Gasteiger partial charge in [0.25, 0.3) is 5.56 Å². The van der Waals surface area contributed by atoms with Crippen LogP contribution in [0.15, 0.2) is 69.2 Å². The van der Waals surface area contributed by atoms with Gasteiger partial charge in [0.15, 0.2) is 5.16 Å². The lowest BCUT2D eigenvalue weighted by atomic mass is 10.1. The Balaban J connectivity index is 1.83. The quantitative estimate of drug-likeness (QED) is 0.232. The highest BCUT2D eigenvalue weighted by Gasteiger charge is 2.20. The molecule has 0 fully saturated rings. The predicted octanol–water partition coefficient (Wildman–Crippen LogP) is 4.96. The maximum atomic E-state index is 14.3. The molecule has 0 amide bonds. The monoisotopic (exact) mass is 456 g/mol. The maximum absolute atomic E-state index is 14.3. The molecule has 6 nitrogen and oxygen atoms in total. The topological polar surface area (TPSA) is 74.3 Å². The molecule has 0 aliphatic rings. The molecule has 0 saturated carbocycles. The molecule has 32 heavy (non-hydrogen) atoms. The standard InChI is InChI=1S/C23H18F2N2O4S/c1-13(17-8-6-15(24)11-19(17)25)32-23-26-20-10-14(22(29)30-2)5-7-18(20)21(28)27(23)12-16-4-3-9-31-16/h3-11,13H,12H2,1-2H3. The summed E-state index contributed by atoms with van der Waals surface area (Å²) in [5.41, 5.74) is 0.503. The van der Waals surface area contributed by atoms with Gasteiger partial charge < -0.3 is 9.15 Å². The maximum Gasteiger partial charge on any atom is 0.337 e. The third-order valence-electron chi connectivity index (χ3n) is 4.92. The average molecular weight is 456 g/mol. The molecule has 164 valence electrons. The summed E-state index contributed by atoms with van der Waals surface area (Å²) in [5, 5.41) is 0.137. The zero-order valence-corrected chi connectivity index (χ0v) is 18.0. The number of esters is 1. The van der Waals surface area contributed by atoms with Crippen LogP contribution in [0.4, 0.5) is 8.78 Å². The van der Waals surface area contributed by atoms with Crippen LogP contribution in [0.1, 0.15) is 33.9 Å². The van der Waals surface area contributed by atoms with Crippen molar-refractivity contribution in [2.24, 2.45) is 0 Å². The number of carbonyl (C=O) groups excluding carboxylic acids is 1. The van der Waals surface area contributed by atoms with Gasteiger partial charge in [-0.2, -0.15) is 0 Å². The first-order chi connectivity index (χ1) is 15.4. The number of halogens is 2. The number of aromatic nitrogens is 2. The zero-order chi connectivity index (χ0) is 22.8. The number of nitrogens with zero attached hydrogens (tertiary/aromatic N) is 2. The molecule has 1 unspecified atom stereocenters. The van der Waals surface area contributed by atoms with Crippen molar-refractivity contribution in [2.45, 2.75) is 23.9 Å². The van der Waals surface area contributed by atoms with E-state index in [1.54, 1.807) is 19.1 Å². The molecule has 0 aliphatic carbocycles. The second-order valence-corrected chi connectivity index (χ2v) is 8.32. The van der Waals surface area contributed by atoms with Crippen molar-refractivity contribution in [2.75, 3.05) is 7.11 Å². The molecule has 0 bridgehead atoms. The van der Waals surface area contributed by atoms with Crippen LogP contribution in [0.2, 0.25) is 0 Å². The highest BCUT2D eigenvalue weighted by Crippen LogP contribution is 2.35. The Kier molecular flexibility index (Phi) is 6.09. The first-order valence-corrected chi connectivity index (χ1v) is 10.5. The summed E-state index contributed by atoms with van der Waals surface area (Å²) in [5.74, 6) is -1.36. The molecule has 0 aliphatic heterocycles. The van der Waals surface area contributed by atoms with Crippen LogP contribution in [-0.2, 0) is 11.3 Å². The van der Waals surface area contributed by atoms with Gasteiger partial charge in [-0.3, -0.25) is 9.36 Å². The van der Waals surface area contributed by atoms with Crippen molar-refractivity contribution in [1.82, 2.24) is 9.55 Å². The fourth-order valence-electron chi connectivity index (χ4n) is 3.29. The molecule has 4 rings (SSSR count). The van der Waals surface area contributed by atoms with Crippen LogP contribution in [0.5, 0.6) is 0 Å². The minimum atomic E-state index is -0.682. The van der Waals surface area contributed by atoms with E-state index in [4.69, 9.17) is 9.15 Å². The fourth-order valence-corrected chi connectivity index (χ4v) is 4.35. The van der Waals surface area contributed by atoms with E-state index in [2.05, 4.69) is 4.98 Å². The number of ether oxygens (including phenoxy) is 1. The Bertz CT molecular complexity index is 1350. The van der Waals surface area contributed by atoms with Gasteiger partial charge in [0.2, 0.25) is 0 Å². The predicted molar refractivity (Wildman–Crippen MR) is 116 cm³/mol. The lowest BCUT2D eigenvalue weighted by Crippen LogP contribution is -2.24. The van der Waals surface area contributed by atoms with E-state index in [1.165, 1.54) is 48.3 Å². The Hall–Kier alpha value is -3.46. The fraction of sp³-hybridized carbons (Fsp3) is 0.174. The summed E-state index contributed by atoms with van der Waals surface area (Å²) in [4.78, 5) is 29.8. The van der Waals surface area contributed by atoms with Crippen LogP contribution < -0.4 is 5.56 Å². The lowest BCUT2D eigenvalue weighted by molar-refractivity contribution is 0.0601. The zero-order valence-electron chi connectivity index (χ0n) is 17.2. The number of carbonyl (C=O) groups is 1. The van der Waals surface area contributed by atoms with Crippen molar-refractivity contribution in [1.29, 1.82) is 0 Å². The van der Waals surface area contributed by atoms with Crippen LogP contribution in [0.25, 0.3) is 10.9 Å². The molecule has 2 aromatic heterocycles. The molecule has 1 atom stereocenters. The van der Waals surface area contributed by atoms with Crippen LogP contribution in [-0.4, -0.2) is 22.6 Å². The smallest absolute Gasteiger partial charge is 0.337 e. The van der Waals surface area contributed by atoms with Crippen molar-refractivity contribution in [3.63, 3.8) is 0 Å². The third kappa shape index (κ3) is 4.29. The minimum absolute atomic E-state index is 0.120. The number of furan rings is 1. The molecule has 2 aromatic carbocycles. The minimum Gasteiger partial charge on any atom is -0.467 e. The molecule has 2 heterocycles. The molecule has 0 saturated heterocycles. The van der Waals surface area contributed by atoms with Crippen LogP contribution >= 0.6 is 11.8 Å². The number of thioether (sulfide) groups is 1. The van der Waals surface area contributed by atoms with Gasteiger partial charge in [0.1, 0.15) is 17.4 Å². The van der Waals surface area contributed by atoms with E-state index < -0.39 is 22.9 Å². The Morgan fingerprint density at radius 3 is 2.72 bits per heavy atom. The van der Waals surface area contributed by atoms with Gasteiger partial charge in [-0.1, -0.05) is 17.8 Å². The van der Waals surface area contributed by atoms with E-state index in [9.17, 15) is 18.4 Å². The highest BCUT2D eigenvalue weighted by molar-refractivity contribution is 7.99. The Morgan fingerprint density at radius 2 is 2.03 bits per heavy atom. The number of rotatable bonds is 6. The molecule has 4 aromatic rings. The lowest BCUT2D eigenvalue weighted by Gasteiger charge is -2.17. The number of benzene rings is 2. The SMILES string of the molecule is COC(=O)c1ccc2c(=O)n(Cc3ccco3)c(SC(C)c3ccc(F)cc3F)nc2c1. The second kappa shape index (κ2) is 8.96. The third-order valence-corrected chi connectivity index (χ3v) is 6.05. The molecule has 9 heteroatoms. The molecular weight excluding hydrogens is 438 g/mol. The van der Waals surface area contributed by atoms with E-state index >= 15 is 0 Å². The molecule has 0 spiro atoms. The van der Waals surface area contributed by atoms with Crippen molar-refractivity contribution < 1.29 is 22.7 Å². The molecule has 0 N–H and O–H groups in total. The summed E-state index contributed by atoms with van der Waals surface area (Å²) in [6, 6.07) is 11.3. The second-order valence-electron chi connectivity index (χ2n) is 7.01. The number of hydrogen-bond acceptors (Lipinski definition) is 6. The van der Waals surface area contributed by atoms with Crippen molar-refractivity contribution in [3.05, 3.63) is 93.7 Å². The summed E-state index contributed by atoms with van der Waals surface area (Å²) in [6.07, 6.45) is 1.50.